The second-order valence-corrected chi connectivity index (χ2v) is 6.24. The van der Waals surface area contributed by atoms with Crippen LogP contribution < -0.4 is 10.9 Å². The minimum Gasteiger partial charge on any atom is -0.352 e. The Morgan fingerprint density at radius 2 is 1.73 bits per heavy atom. The Hall–Kier alpha value is -2.92. The summed E-state index contributed by atoms with van der Waals surface area (Å²) in [6.07, 6.45) is 0.184. The topological polar surface area (TPSA) is 64.0 Å². The Morgan fingerprint density at radius 1 is 1.00 bits per heavy atom. The summed E-state index contributed by atoms with van der Waals surface area (Å²) >= 11 is 5.89. The van der Waals surface area contributed by atoms with E-state index in [1.54, 1.807) is 18.2 Å². The second kappa shape index (κ2) is 8.45. The molecule has 0 radical (unpaired) electrons. The highest BCUT2D eigenvalue weighted by Crippen LogP contribution is 2.18. The Morgan fingerprint density at radius 3 is 2.46 bits per heavy atom. The van der Waals surface area contributed by atoms with Crippen molar-refractivity contribution in [2.45, 2.75) is 19.5 Å². The summed E-state index contributed by atoms with van der Waals surface area (Å²) in [5, 5.41) is 7.82. The number of carbonyl (C=O) groups excluding carboxylic acids is 1. The summed E-state index contributed by atoms with van der Waals surface area (Å²) in [5.41, 5.74) is 2.31. The number of aromatic nitrogens is 2. The molecule has 0 fully saturated rings. The molecule has 1 amide bonds. The van der Waals surface area contributed by atoms with Crippen LogP contribution in [-0.4, -0.2) is 15.7 Å². The van der Waals surface area contributed by atoms with Crippen molar-refractivity contribution in [3.8, 4) is 11.3 Å². The van der Waals surface area contributed by atoms with Gasteiger partial charge in [-0.2, -0.15) is 5.10 Å². The monoisotopic (exact) mass is 367 g/mol. The van der Waals surface area contributed by atoms with Crippen molar-refractivity contribution in [2.75, 3.05) is 0 Å². The number of hydrogen-bond acceptors (Lipinski definition) is 3. The van der Waals surface area contributed by atoms with E-state index >= 15 is 0 Å². The van der Waals surface area contributed by atoms with Crippen molar-refractivity contribution in [3.63, 3.8) is 0 Å². The normalized spacial score (nSPS) is 10.5. The molecule has 0 saturated heterocycles. The quantitative estimate of drug-likeness (QED) is 0.727. The molecule has 0 bridgehead atoms. The van der Waals surface area contributed by atoms with Crippen LogP contribution in [0.3, 0.4) is 0 Å². The Labute approximate surface area is 156 Å². The maximum atomic E-state index is 12.0. The fourth-order valence-corrected chi connectivity index (χ4v) is 2.60. The first kappa shape index (κ1) is 17.9. The van der Waals surface area contributed by atoms with Crippen molar-refractivity contribution < 1.29 is 4.79 Å². The molecule has 0 saturated carbocycles. The highest BCUT2D eigenvalue weighted by molar-refractivity contribution is 6.30. The minimum atomic E-state index is -0.237. The fourth-order valence-electron chi connectivity index (χ4n) is 2.48. The molecule has 0 spiro atoms. The predicted octanol–water partition coefficient (Wildman–Crippen LogP) is 3.27. The zero-order chi connectivity index (χ0) is 18.4. The summed E-state index contributed by atoms with van der Waals surface area (Å²) in [7, 11) is 0. The molecular weight excluding hydrogens is 350 g/mol. The molecule has 2 aromatic carbocycles. The molecule has 132 valence electrons. The summed E-state index contributed by atoms with van der Waals surface area (Å²) in [4.78, 5) is 24.0. The smallest absolute Gasteiger partial charge is 0.266 e. The molecule has 26 heavy (non-hydrogen) atoms. The van der Waals surface area contributed by atoms with Crippen molar-refractivity contribution in [1.29, 1.82) is 0 Å². The third kappa shape index (κ3) is 4.80. The number of carbonyl (C=O) groups is 1. The maximum Gasteiger partial charge on any atom is 0.266 e. The fraction of sp³-hybridized carbons (Fsp3) is 0.150. The first-order valence-corrected chi connectivity index (χ1v) is 8.64. The van der Waals surface area contributed by atoms with Gasteiger partial charge in [0.05, 0.1) is 12.2 Å². The van der Waals surface area contributed by atoms with Crippen molar-refractivity contribution >= 4 is 17.5 Å². The van der Waals surface area contributed by atoms with Crippen LogP contribution in [0.15, 0.2) is 71.5 Å². The van der Waals surface area contributed by atoms with Gasteiger partial charge in [0.15, 0.2) is 0 Å². The van der Waals surface area contributed by atoms with Gasteiger partial charge in [0, 0.05) is 29.6 Å². The van der Waals surface area contributed by atoms with E-state index in [1.807, 2.05) is 42.5 Å². The van der Waals surface area contributed by atoms with Gasteiger partial charge in [-0.05, 0) is 23.8 Å². The lowest BCUT2D eigenvalue weighted by Crippen LogP contribution is -2.28. The highest BCUT2D eigenvalue weighted by Gasteiger charge is 2.07. The SMILES string of the molecule is O=C(CCn1nc(-c2ccc(Cl)cc2)ccc1=O)NCc1ccccc1. The van der Waals surface area contributed by atoms with Crippen molar-refractivity contribution in [1.82, 2.24) is 15.1 Å². The molecule has 6 heteroatoms. The summed E-state index contributed by atoms with van der Waals surface area (Å²) < 4.78 is 1.31. The van der Waals surface area contributed by atoms with Crippen LogP contribution in [0.5, 0.6) is 0 Å². The van der Waals surface area contributed by atoms with E-state index in [4.69, 9.17) is 11.6 Å². The lowest BCUT2D eigenvalue weighted by Gasteiger charge is -2.08. The van der Waals surface area contributed by atoms with E-state index in [0.717, 1.165) is 11.1 Å². The third-order valence-corrected chi connectivity index (χ3v) is 4.14. The van der Waals surface area contributed by atoms with Crippen LogP contribution in [-0.2, 0) is 17.9 Å². The van der Waals surface area contributed by atoms with Gasteiger partial charge in [0.1, 0.15) is 0 Å². The second-order valence-electron chi connectivity index (χ2n) is 5.80. The molecule has 0 aliphatic heterocycles. The standard InChI is InChI=1S/C20H18ClN3O2/c21-17-8-6-16(7-9-17)18-10-11-20(26)24(23-18)13-12-19(25)22-14-15-4-2-1-3-5-15/h1-11H,12-14H2,(H,22,25). The van der Waals surface area contributed by atoms with E-state index < -0.39 is 0 Å². The molecule has 1 aromatic heterocycles. The van der Waals surface area contributed by atoms with Crippen LogP contribution in [0, 0.1) is 0 Å². The Kier molecular flexibility index (Phi) is 5.81. The number of nitrogens with one attached hydrogen (secondary N) is 1. The zero-order valence-electron chi connectivity index (χ0n) is 14.1. The molecule has 0 unspecified atom stereocenters. The van der Waals surface area contributed by atoms with Gasteiger partial charge in [-0.3, -0.25) is 9.59 Å². The van der Waals surface area contributed by atoms with Crippen molar-refractivity contribution in [3.05, 3.63) is 87.7 Å². The van der Waals surface area contributed by atoms with E-state index in [0.29, 0.717) is 17.3 Å². The average Bonchev–Trinajstić information content (AvgIpc) is 2.67. The largest absolute Gasteiger partial charge is 0.352 e. The van der Waals surface area contributed by atoms with E-state index in [9.17, 15) is 9.59 Å². The van der Waals surface area contributed by atoms with Gasteiger partial charge >= 0.3 is 0 Å². The van der Waals surface area contributed by atoms with Gasteiger partial charge in [0.2, 0.25) is 5.91 Å². The van der Waals surface area contributed by atoms with Crippen LogP contribution in [0.4, 0.5) is 0 Å². The molecular formula is C20H18ClN3O2. The Balaban J connectivity index is 1.62. The van der Waals surface area contributed by atoms with Gasteiger partial charge < -0.3 is 5.32 Å². The molecule has 5 nitrogen and oxygen atoms in total. The third-order valence-electron chi connectivity index (χ3n) is 3.89. The minimum absolute atomic E-state index is 0.126. The first-order chi connectivity index (χ1) is 12.6. The molecule has 0 aliphatic rings. The summed E-state index contributed by atoms with van der Waals surface area (Å²) in [6.45, 7) is 0.688. The van der Waals surface area contributed by atoms with E-state index in [1.165, 1.54) is 10.7 Å². The molecule has 0 atom stereocenters. The van der Waals surface area contributed by atoms with E-state index in [-0.39, 0.29) is 24.4 Å². The number of halogens is 1. The molecule has 1 N–H and O–H groups in total. The zero-order valence-corrected chi connectivity index (χ0v) is 14.8. The lowest BCUT2D eigenvalue weighted by molar-refractivity contribution is -0.121. The number of nitrogens with zero attached hydrogens (tertiary/aromatic N) is 2. The predicted molar refractivity (Wildman–Crippen MR) is 102 cm³/mol. The summed E-state index contributed by atoms with van der Waals surface area (Å²) in [6, 6.07) is 20.0. The van der Waals surface area contributed by atoms with E-state index in [2.05, 4.69) is 10.4 Å². The number of amides is 1. The highest BCUT2D eigenvalue weighted by atomic mass is 35.5. The molecule has 1 heterocycles. The molecule has 3 rings (SSSR count). The number of rotatable bonds is 6. The Bertz CT molecular complexity index is 937. The maximum absolute atomic E-state index is 12.0. The number of benzene rings is 2. The van der Waals surface area contributed by atoms with Crippen LogP contribution >= 0.6 is 11.6 Å². The van der Waals surface area contributed by atoms with Crippen LogP contribution in [0.2, 0.25) is 5.02 Å². The lowest BCUT2D eigenvalue weighted by atomic mass is 10.1. The van der Waals surface area contributed by atoms with Crippen LogP contribution in [0.1, 0.15) is 12.0 Å². The van der Waals surface area contributed by atoms with Gasteiger partial charge in [-0.25, -0.2) is 4.68 Å². The first-order valence-electron chi connectivity index (χ1n) is 8.26. The van der Waals surface area contributed by atoms with Crippen molar-refractivity contribution in [2.24, 2.45) is 0 Å². The van der Waals surface area contributed by atoms with Gasteiger partial charge in [0.25, 0.3) is 5.56 Å². The number of hydrogen-bond donors (Lipinski definition) is 1. The van der Waals surface area contributed by atoms with Crippen LogP contribution in [0.25, 0.3) is 11.3 Å². The average molecular weight is 368 g/mol. The van der Waals surface area contributed by atoms with Gasteiger partial charge in [-0.15, -0.1) is 0 Å². The molecule has 0 aliphatic carbocycles. The number of aryl methyl sites for hydroxylation is 1. The summed E-state index contributed by atoms with van der Waals surface area (Å²) in [5.74, 6) is -0.126. The van der Waals surface area contributed by atoms with Gasteiger partial charge in [-0.1, -0.05) is 54.1 Å². The molecule has 3 aromatic rings.